The van der Waals surface area contributed by atoms with E-state index in [0.717, 1.165) is 15.8 Å². The highest BCUT2D eigenvalue weighted by Gasteiger charge is 2.20. The average molecular weight is 279 g/mol. The Balaban J connectivity index is 3.35. The van der Waals surface area contributed by atoms with E-state index in [2.05, 4.69) is 15.9 Å². The molecule has 0 bridgehead atoms. The van der Waals surface area contributed by atoms with Crippen molar-refractivity contribution >= 4 is 27.5 Å². The van der Waals surface area contributed by atoms with Crippen molar-refractivity contribution in [3.05, 3.63) is 27.2 Å². The van der Waals surface area contributed by atoms with Gasteiger partial charge in [-0.05, 0) is 41.9 Å². The Morgan fingerprint density at radius 3 is 2.43 bits per heavy atom. The van der Waals surface area contributed by atoms with Gasteiger partial charge in [-0.15, -0.1) is 0 Å². The molecule has 0 unspecified atom stereocenters. The van der Waals surface area contributed by atoms with Gasteiger partial charge in [0, 0.05) is 15.6 Å². The summed E-state index contributed by atoms with van der Waals surface area (Å²) >= 11 is 9.33. The highest BCUT2D eigenvalue weighted by atomic mass is 79.9. The van der Waals surface area contributed by atoms with Crippen LogP contribution < -0.4 is 10.5 Å². The number of rotatable bonds is 2. The Labute approximate surface area is 97.5 Å². The molecule has 2 N–H and O–H groups in total. The van der Waals surface area contributed by atoms with Crippen molar-refractivity contribution in [3.8, 4) is 5.75 Å². The van der Waals surface area contributed by atoms with E-state index in [9.17, 15) is 0 Å². The van der Waals surface area contributed by atoms with Gasteiger partial charge in [-0.1, -0.05) is 11.6 Å². The lowest BCUT2D eigenvalue weighted by molar-refractivity contribution is 0.394. The first-order valence-electron chi connectivity index (χ1n) is 4.18. The molecule has 1 aromatic rings. The molecule has 2 nitrogen and oxygen atoms in total. The summed E-state index contributed by atoms with van der Waals surface area (Å²) in [4.78, 5) is 0. The summed E-state index contributed by atoms with van der Waals surface area (Å²) < 4.78 is 6.05. The first-order chi connectivity index (χ1) is 6.36. The van der Waals surface area contributed by atoms with Gasteiger partial charge in [0.05, 0.1) is 12.1 Å². The highest BCUT2D eigenvalue weighted by Crippen LogP contribution is 2.35. The number of nitrogens with two attached hydrogens (primary N) is 1. The van der Waals surface area contributed by atoms with Crippen molar-refractivity contribution in [3.63, 3.8) is 0 Å². The minimum Gasteiger partial charge on any atom is -0.496 e. The van der Waals surface area contributed by atoms with Crippen molar-refractivity contribution < 1.29 is 4.74 Å². The lowest BCUT2D eigenvalue weighted by Gasteiger charge is -2.22. The Hall–Kier alpha value is -0.250. The second-order valence-electron chi connectivity index (χ2n) is 3.69. The normalized spacial score (nSPS) is 11.6. The minimum absolute atomic E-state index is 0.463. The van der Waals surface area contributed by atoms with Crippen molar-refractivity contribution in [2.45, 2.75) is 19.4 Å². The van der Waals surface area contributed by atoms with Crippen LogP contribution in [-0.2, 0) is 5.54 Å². The van der Waals surface area contributed by atoms with Gasteiger partial charge >= 0.3 is 0 Å². The molecule has 0 saturated heterocycles. The largest absolute Gasteiger partial charge is 0.496 e. The molecule has 0 saturated carbocycles. The molecule has 0 spiro atoms. The zero-order chi connectivity index (χ0) is 10.9. The van der Waals surface area contributed by atoms with Crippen LogP contribution in [0.1, 0.15) is 19.4 Å². The van der Waals surface area contributed by atoms with Crippen LogP contribution in [0.4, 0.5) is 0 Å². The summed E-state index contributed by atoms with van der Waals surface area (Å²) in [5, 5.41) is 0.638. The molecule has 0 aliphatic heterocycles. The maximum Gasteiger partial charge on any atom is 0.125 e. The number of benzene rings is 1. The molecule has 0 heterocycles. The first-order valence-corrected chi connectivity index (χ1v) is 5.35. The summed E-state index contributed by atoms with van der Waals surface area (Å²) in [5.41, 5.74) is 6.43. The van der Waals surface area contributed by atoms with Gasteiger partial charge in [-0.25, -0.2) is 0 Å². The molecular weight excluding hydrogens is 265 g/mol. The van der Waals surface area contributed by atoms with E-state index in [1.165, 1.54) is 0 Å². The van der Waals surface area contributed by atoms with Crippen molar-refractivity contribution in [2.24, 2.45) is 5.73 Å². The Morgan fingerprint density at radius 2 is 2.00 bits per heavy atom. The van der Waals surface area contributed by atoms with Crippen LogP contribution in [0, 0.1) is 0 Å². The van der Waals surface area contributed by atoms with Gasteiger partial charge in [-0.3, -0.25) is 0 Å². The zero-order valence-electron chi connectivity index (χ0n) is 8.40. The van der Waals surface area contributed by atoms with Crippen LogP contribution in [0.5, 0.6) is 5.75 Å². The van der Waals surface area contributed by atoms with E-state index in [1.807, 2.05) is 26.0 Å². The molecule has 0 radical (unpaired) electrons. The predicted molar refractivity (Wildman–Crippen MR) is 62.9 cm³/mol. The SMILES string of the molecule is COc1cc(Br)c(Cl)cc1C(C)(C)N. The summed E-state index contributed by atoms with van der Waals surface area (Å²) in [5.74, 6) is 0.744. The number of hydrogen-bond acceptors (Lipinski definition) is 2. The summed E-state index contributed by atoms with van der Waals surface area (Å²) in [6.07, 6.45) is 0. The third-order valence-electron chi connectivity index (χ3n) is 1.94. The monoisotopic (exact) mass is 277 g/mol. The second kappa shape index (κ2) is 4.09. The van der Waals surface area contributed by atoms with Crippen LogP contribution in [-0.4, -0.2) is 7.11 Å². The lowest BCUT2D eigenvalue weighted by atomic mass is 9.95. The maximum atomic E-state index is 6.00. The smallest absolute Gasteiger partial charge is 0.125 e. The van der Waals surface area contributed by atoms with Gasteiger partial charge in [0.15, 0.2) is 0 Å². The molecule has 0 fully saturated rings. The molecule has 1 aromatic carbocycles. The molecule has 0 aliphatic carbocycles. The standard InChI is InChI=1S/C10H13BrClNO/c1-10(2,13)6-4-8(12)7(11)5-9(6)14-3/h4-5H,13H2,1-3H3. The van der Waals surface area contributed by atoms with Gasteiger partial charge in [0.1, 0.15) is 5.75 Å². The molecule has 14 heavy (non-hydrogen) atoms. The number of ether oxygens (including phenoxy) is 1. The van der Waals surface area contributed by atoms with E-state index < -0.39 is 5.54 Å². The third-order valence-corrected chi connectivity index (χ3v) is 3.13. The fourth-order valence-electron chi connectivity index (χ4n) is 1.20. The highest BCUT2D eigenvalue weighted by molar-refractivity contribution is 9.10. The van der Waals surface area contributed by atoms with Gasteiger partial charge in [0.25, 0.3) is 0 Å². The molecular formula is C10H13BrClNO. The van der Waals surface area contributed by atoms with Crippen LogP contribution in [0.25, 0.3) is 0 Å². The fourth-order valence-corrected chi connectivity index (χ4v) is 1.69. The van der Waals surface area contributed by atoms with E-state index in [0.29, 0.717) is 5.02 Å². The second-order valence-corrected chi connectivity index (χ2v) is 4.95. The van der Waals surface area contributed by atoms with Crippen molar-refractivity contribution in [2.75, 3.05) is 7.11 Å². The van der Waals surface area contributed by atoms with Gasteiger partial charge in [0.2, 0.25) is 0 Å². The van der Waals surface area contributed by atoms with Crippen LogP contribution >= 0.6 is 27.5 Å². The fraction of sp³-hybridized carbons (Fsp3) is 0.400. The van der Waals surface area contributed by atoms with Gasteiger partial charge in [-0.2, -0.15) is 0 Å². The van der Waals surface area contributed by atoms with Gasteiger partial charge < -0.3 is 10.5 Å². The zero-order valence-corrected chi connectivity index (χ0v) is 10.7. The third kappa shape index (κ3) is 2.41. The van der Waals surface area contributed by atoms with Crippen molar-refractivity contribution in [1.82, 2.24) is 0 Å². The minimum atomic E-state index is -0.463. The van der Waals surface area contributed by atoms with E-state index in [-0.39, 0.29) is 0 Å². The molecule has 1 rings (SSSR count). The Kier molecular flexibility index (Phi) is 3.45. The van der Waals surface area contributed by atoms with E-state index in [4.69, 9.17) is 22.1 Å². The summed E-state index contributed by atoms with van der Waals surface area (Å²) in [6.45, 7) is 3.82. The molecule has 78 valence electrons. The quantitative estimate of drug-likeness (QED) is 0.901. The lowest BCUT2D eigenvalue weighted by Crippen LogP contribution is -2.29. The summed E-state index contributed by atoms with van der Waals surface area (Å²) in [7, 11) is 1.62. The number of methoxy groups -OCH3 is 1. The Bertz CT molecular complexity index is 347. The Morgan fingerprint density at radius 1 is 1.43 bits per heavy atom. The maximum absolute atomic E-state index is 6.00. The molecule has 0 aromatic heterocycles. The van der Waals surface area contributed by atoms with Crippen LogP contribution in [0.2, 0.25) is 5.02 Å². The van der Waals surface area contributed by atoms with Crippen LogP contribution in [0.15, 0.2) is 16.6 Å². The molecule has 0 aliphatic rings. The first kappa shape index (κ1) is 11.8. The molecule has 0 amide bonds. The summed E-state index contributed by atoms with van der Waals surface area (Å²) in [6, 6.07) is 3.65. The van der Waals surface area contributed by atoms with Crippen LogP contribution in [0.3, 0.4) is 0 Å². The average Bonchev–Trinajstić information content (AvgIpc) is 2.07. The van der Waals surface area contributed by atoms with E-state index >= 15 is 0 Å². The number of hydrogen-bond donors (Lipinski definition) is 1. The predicted octanol–water partition coefficient (Wildman–Crippen LogP) is 3.30. The molecule has 0 atom stereocenters. The molecule has 4 heteroatoms. The van der Waals surface area contributed by atoms with E-state index in [1.54, 1.807) is 7.11 Å². The van der Waals surface area contributed by atoms with Crippen molar-refractivity contribution in [1.29, 1.82) is 0 Å². The topological polar surface area (TPSA) is 35.2 Å². The number of halogens is 2.